The van der Waals surface area contributed by atoms with Gasteiger partial charge in [0.25, 0.3) is 0 Å². The highest BCUT2D eigenvalue weighted by atomic mass is 32.2. The summed E-state index contributed by atoms with van der Waals surface area (Å²) in [5.41, 5.74) is 0.844. The summed E-state index contributed by atoms with van der Waals surface area (Å²) in [6.45, 7) is 0.275. The minimum Gasteiger partial charge on any atom is -0.504 e. The van der Waals surface area contributed by atoms with Gasteiger partial charge in [-0.15, -0.1) is 0 Å². The van der Waals surface area contributed by atoms with Crippen LogP contribution in [-0.2, 0) is 4.84 Å². The van der Waals surface area contributed by atoms with Crippen molar-refractivity contribution in [1.82, 2.24) is 0 Å². The first kappa shape index (κ1) is 10.8. The van der Waals surface area contributed by atoms with Crippen LogP contribution in [0.1, 0.15) is 5.56 Å². The van der Waals surface area contributed by atoms with Crippen molar-refractivity contribution >= 4 is 18.0 Å². The van der Waals surface area contributed by atoms with Crippen LogP contribution >= 0.6 is 11.9 Å². The third kappa shape index (κ3) is 2.27. The zero-order valence-electron chi connectivity index (χ0n) is 8.54. The smallest absolute Gasteiger partial charge is 0.315 e. The molecule has 1 saturated heterocycles. The number of phenols is 1. The van der Waals surface area contributed by atoms with Gasteiger partial charge in [-0.05, 0) is 23.8 Å². The Balaban J connectivity index is 2.25. The molecule has 1 aromatic rings. The SMILES string of the molecule is COc1cc(C=C2CO[N+](=O)S2)ccc1O. The molecule has 1 N–H and O–H groups in total. The standard InChI is InChI=1S/C10H9NO4S/c1-14-10-5-7(2-3-9(10)12)4-8-6-15-11(13)16-8/h2-5H,6H2,1H3/p+1. The fourth-order valence-corrected chi connectivity index (χ4v) is 1.89. The van der Waals surface area contributed by atoms with E-state index in [4.69, 9.17) is 9.57 Å². The molecule has 0 radical (unpaired) electrons. The summed E-state index contributed by atoms with van der Waals surface area (Å²) < 4.78 is 5.44. The Morgan fingerprint density at radius 3 is 3.06 bits per heavy atom. The molecule has 1 aliphatic heterocycles. The zero-order chi connectivity index (χ0) is 11.5. The molecular weight excluding hydrogens is 230 g/mol. The Morgan fingerprint density at radius 2 is 2.44 bits per heavy atom. The summed E-state index contributed by atoms with van der Waals surface area (Å²) in [5, 5.41) is 9.40. The molecule has 1 fully saturated rings. The lowest BCUT2D eigenvalue weighted by Gasteiger charge is -2.03. The molecule has 0 spiro atoms. The molecule has 0 bridgehead atoms. The quantitative estimate of drug-likeness (QED) is 0.802. The van der Waals surface area contributed by atoms with Gasteiger partial charge in [0, 0.05) is 0 Å². The number of benzene rings is 1. The highest BCUT2D eigenvalue weighted by Gasteiger charge is 2.28. The molecular formula is C10H10NO4S+. The van der Waals surface area contributed by atoms with Gasteiger partial charge < -0.3 is 9.84 Å². The second kappa shape index (κ2) is 4.44. The number of hydrogen-bond acceptors (Lipinski definition) is 5. The van der Waals surface area contributed by atoms with E-state index in [0.717, 1.165) is 22.4 Å². The minimum atomic E-state index is 0.0884. The predicted molar refractivity (Wildman–Crippen MR) is 59.8 cm³/mol. The van der Waals surface area contributed by atoms with Crippen LogP contribution in [0.4, 0.5) is 0 Å². The molecule has 2 rings (SSSR count). The lowest BCUT2D eigenvalue weighted by atomic mass is 10.2. The topological polar surface area (TPSA) is 58.8 Å². The van der Waals surface area contributed by atoms with Crippen LogP contribution in [0.25, 0.3) is 6.08 Å². The number of nitrogens with zero attached hydrogens (tertiary/aromatic N) is 1. The van der Waals surface area contributed by atoms with E-state index in [1.54, 1.807) is 18.2 Å². The number of phenolic OH excluding ortho intramolecular Hbond substituents is 1. The van der Waals surface area contributed by atoms with Gasteiger partial charge in [-0.25, -0.2) is 4.84 Å². The van der Waals surface area contributed by atoms with Gasteiger partial charge >= 0.3 is 16.3 Å². The molecule has 0 saturated carbocycles. The van der Waals surface area contributed by atoms with E-state index in [9.17, 15) is 10.0 Å². The lowest BCUT2D eigenvalue weighted by Crippen LogP contribution is -1.87. The molecule has 6 heteroatoms. The van der Waals surface area contributed by atoms with E-state index in [2.05, 4.69) is 0 Å². The van der Waals surface area contributed by atoms with Gasteiger partial charge in [0.15, 0.2) is 11.5 Å². The molecule has 84 valence electrons. The summed E-state index contributed by atoms with van der Waals surface area (Å²) in [7, 11) is 1.48. The lowest BCUT2D eigenvalue weighted by molar-refractivity contribution is -0.669. The Morgan fingerprint density at radius 1 is 1.62 bits per heavy atom. The van der Waals surface area contributed by atoms with Gasteiger partial charge in [-0.2, -0.15) is 0 Å². The van der Waals surface area contributed by atoms with Crippen LogP contribution in [0.5, 0.6) is 11.5 Å². The molecule has 0 amide bonds. The zero-order valence-corrected chi connectivity index (χ0v) is 9.36. The molecule has 1 heterocycles. The number of hydrogen-bond donors (Lipinski definition) is 1. The summed E-state index contributed by atoms with van der Waals surface area (Å²) in [5.74, 6) is 0.489. The average Bonchev–Trinajstić information content (AvgIpc) is 2.67. The molecule has 0 atom stereocenters. The number of aromatic hydroxyl groups is 1. The van der Waals surface area contributed by atoms with Gasteiger partial charge in [0.2, 0.25) is 6.61 Å². The van der Waals surface area contributed by atoms with Crippen LogP contribution in [0, 0.1) is 4.91 Å². The van der Waals surface area contributed by atoms with Crippen molar-refractivity contribution in [3.63, 3.8) is 0 Å². The molecule has 5 nitrogen and oxygen atoms in total. The van der Waals surface area contributed by atoms with Crippen molar-refractivity contribution in [2.24, 2.45) is 0 Å². The van der Waals surface area contributed by atoms with Crippen LogP contribution in [-0.4, -0.2) is 23.2 Å². The van der Waals surface area contributed by atoms with Crippen molar-refractivity contribution in [3.8, 4) is 11.5 Å². The van der Waals surface area contributed by atoms with Crippen LogP contribution in [0.15, 0.2) is 23.1 Å². The number of rotatable bonds is 2. The Kier molecular flexibility index (Phi) is 3.00. The number of methoxy groups -OCH3 is 1. The molecule has 16 heavy (non-hydrogen) atoms. The van der Waals surface area contributed by atoms with Crippen LogP contribution in [0.2, 0.25) is 0 Å². The highest BCUT2D eigenvalue weighted by molar-refractivity contribution is 7.97. The van der Waals surface area contributed by atoms with Gasteiger partial charge in [0.1, 0.15) is 4.91 Å². The average molecular weight is 240 g/mol. The van der Waals surface area contributed by atoms with Crippen molar-refractivity contribution in [1.29, 1.82) is 0 Å². The first-order valence-electron chi connectivity index (χ1n) is 4.55. The van der Waals surface area contributed by atoms with Crippen molar-refractivity contribution < 1.29 is 19.0 Å². The fourth-order valence-electron chi connectivity index (χ4n) is 1.30. The van der Waals surface area contributed by atoms with Crippen LogP contribution in [0.3, 0.4) is 0 Å². The summed E-state index contributed by atoms with van der Waals surface area (Å²) in [6, 6.07) is 4.97. The van der Waals surface area contributed by atoms with Gasteiger partial charge in [-0.1, -0.05) is 6.07 Å². The number of ether oxygens (including phenoxy) is 1. The van der Waals surface area contributed by atoms with E-state index in [0.29, 0.717) is 10.1 Å². The summed E-state index contributed by atoms with van der Waals surface area (Å²) in [6.07, 6.45) is 1.81. The fraction of sp³-hybridized carbons (Fsp3) is 0.200. The van der Waals surface area contributed by atoms with E-state index < -0.39 is 0 Å². The minimum absolute atomic E-state index is 0.0884. The largest absolute Gasteiger partial charge is 0.504 e. The van der Waals surface area contributed by atoms with Crippen molar-refractivity contribution in [2.45, 2.75) is 0 Å². The van der Waals surface area contributed by atoms with Gasteiger partial charge in [-0.3, -0.25) is 0 Å². The van der Waals surface area contributed by atoms with Crippen molar-refractivity contribution in [2.75, 3.05) is 13.7 Å². The summed E-state index contributed by atoms with van der Waals surface area (Å²) in [4.78, 5) is 16.3. The van der Waals surface area contributed by atoms with Crippen molar-refractivity contribution in [3.05, 3.63) is 33.6 Å². The molecule has 0 unspecified atom stereocenters. The normalized spacial score (nSPS) is 17.6. The predicted octanol–water partition coefficient (Wildman–Crippen LogP) is 2.11. The van der Waals surface area contributed by atoms with Crippen LogP contribution < -0.4 is 4.74 Å². The van der Waals surface area contributed by atoms with E-state index >= 15 is 0 Å². The maximum atomic E-state index is 10.8. The Labute approximate surface area is 96.3 Å². The third-order valence-electron chi connectivity index (χ3n) is 2.04. The Bertz CT molecular complexity index is 458. The maximum absolute atomic E-state index is 10.8. The van der Waals surface area contributed by atoms with E-state index in [-0.39, 0.29) is 12.4 Å². The highest BCUT2D eigenvalue weighted by Crippen LogP contribution is 2.30. The molecule has 0 aliphatic carbocycles. The van der Waals surface area contributed by atoms with E-state index in [1.807, 2.05) is 6.08 Å². The molecule has 1 aromatic carbocycles. The molecule has 1 aliphatic rings. The Hall–Kier alpha value is -1.69. The first-order valence-corrected chi connectivity index (χ1v) is 5.32. The first-order chi connectivity index (χ1) is 7.69. The second-order valence-corrected chi connectivity index (χ2v) is 4.14. The third-order valence-corrected chi connectivity index (χ3v) is 2.76. The maximum Gasteiger partial charge on any atom is 0.315 e. The summed E-state index contributed by atoms with van der Waals surface area (Å²) >= 11 is 0.991. The van der Waals surface area contributed by atoms with E-state index in [1.165, 1.54) is 7.11 Å². The van der Waals surface area contributed by atoms with Gasteiger partial charge in [0.05, 0.1) is 12.0 Å². The monoisotopic (exact) mass is 240 g/mol. The molecule has 0 aromatic heterocycles. The second-order valence-electron chi connectivity index (χ2n) is 3.13.